The number of ether oxygens (including phenoxy) is 1. The summed E-state index contributed by atoms with van der Waals surface area (Å²) in [5.41, 5.74) is 2.35. The minimum Gasteiger partial charge on any atom is -0.497 e. The van der Waals surface area contributed by atoms with Crippen LogP contribution in [0.5, 0.6) is 5.75 Å². The molecule has 2 aromatic rings. The van der Waals surface area contributed by atoms with Crippen molar-refractivity contribution in [2.24, 2.45) is 0 Å². The molecule has 1 fully saturated rings. The molecular weight excluding hydrogens is 390 g/mol. The Hall–Kier alpha value is -2.42. The van der Waals surface area contributed by atoms with Crippen molar-refractivity contribution in [3.05, 3.63) is 59.7 Å². The van der Waals surface area contributed by atoms with Gasteiger partial charge in [-0.2, -0.15) is 4.31 Å². The van der Waals surface area contributed by atoms with Crippen molar-refractivity contribution in [3.63, 3.8) is 0 Å². The number of rotatable bonds is 7. The SMILES string of the molecule is CCS(=O)(=O)N1CCN(Cc2ccc(C(=O)Nc3cccc(OC)c3)cc2)CC1. The number of anilines is 1. The maximum atomic E-state index is 12.4. The van der Waals surface area contributed by atoms with Crippen molar-refractivity contribution in [1.29, 1.82) is 0 Å². The van der Waals surface area contributed by atoms with Crippen molar-refractivity contribution in [2.45, 2.75) is 13.5 Å². The van der Waals surface area contributed by atoms with Gasteiger partial charge in [0.15, 0.2) is 0 Å². The highest BCUT2D eigenvalue weighted by Crippen LogP contribution is 2.18. The molecule has 1 saturated heterocycles. The van der Waals surface area contributed by atoms with Crippen molar-refractivity contribution in [1.82, 2.24) is 9.21 Å². The van der Waals surface area contributed by atoms with Crippen molar-refractivity contribution >= 4 is 21.6 Å². The van der Waals surface area contributed by atoms with E-state index in [2.05, 4.69) is 10.2 Å². The zero-order valence-corrected chi connectivity index (χ0v) is 17.6. The normalized spacial score (nSPS) is 15.8. The van der Waals surface area contributed by atoms with Gasteiger partial charge in [0.25, 0.3) is 5.91 Å². The van der Waals surface area contributed by atoms with Gasteiger partial charge >= 0.3 is 0 Å². The number of nitrogens with zero attached hydrogens (tertiary/aromatic N) is 2. The third-order valence-electron chi connectivity index (χ3n) is 5.04. The average Bonchev–Trinajstić information content (AvgIpc) is 2.74. The number of carbonyl (C=O) groups is 1. The number of hydrogen-bond acceptors (Lipinski definition) is 5. The van der Waals surface area contributed by atoms with E-state index < -0.39 is 10.0 Å². The van der Waals surface area contributed by atoms with E-state index in [1.165, 1.54) is 0 Å². The summed E-state index contributed by atoms with van der Waals surface area (Å²) in [6, 6.07) is 14.7. The Kier molecular flexibility index (Phi) is 6.89. The number of nitrogens with one attached hydrogen (secondary N) is 1. The van der Waals surface area contributed by atoms with Crippen LogP contribution in [0.3, 0.4) is 0 Å². The number of sulfonamides is 1. The average molecular weight is 418 g/mol. The Labute approximate surface area is 172 Å². The van der Waals surface area contributed by atoms with Crippen molar-refractivity contribution < 1.29 is 17.9 Å². The van der Waals surface area contributed by atoms with Gasteiger partial charge in [-0.1, -0.05) is 18.2 Å². The van der Waals surface area contributed by atoms with Gasteiger partial charge in [0.1, 0.15) is 5.75 Å². The van der Waals surface area contributed by atoms with Crippen LogP contribution >= 0.6 is 0 Å². The van der Waals surface area contributed by atoms with Crippen molar-refractivity contribution in [3.8, 4) is 5.75 Å². The van der Waals surface area contributed by atoms with E-state index >= 15 is 0 Å². The second kappa shape index (κ2) is 9.39. The van der Waals surface area contributed by atoms with Crippen LogP contribution in [0.15, 0.2) is 48.5 Å². The van der Waals surface area contributed by atoms with Crippen LogP contribution < -0.4 is 10.1 Å². The van der Waals surface area contributed by atoms with Gasteiger partial charge in [-0.15, -0.1) is 0 Å². The molecule has 7 nitrogen and oxygen atoms in total. The third-order valence-corrected chi connectivity index (χ3v) is 6.92. The standard InChI is InChI=1S/C21H27N3O4S/c1-3-29(26,27)24-13-11-23(12-14-24)16-17-7-9-18(10-8-17)21(25)22-19-5-4-6-20(15-19)28-2/h4-10,15H,3,11-14,16H2,1-2H3,(H,22,25). The number of amides is 1. The summed E-state index contributed by atoms with van der Waals surface area (Å²) in [4.78, 5) is 14.7. The number of piperazine rings is 1. The van der Waals surface area contributed by atoms with Crippen LogP contribution in [0.1, 0.15) is 22.8 Å². The molecule has 0 saturated carbocycles. The Morgan fingerprint density at radius 2 is 1.76 bits per heavy atom. The van der Waals surface area contributed by atoms with E-state index in [1.807, 2.05) is 42.5 Å². The number of benzene rings is 2. The molecule has 1 N–H and O–H groups in total. The molecule has 1 heterocycles. The molecule has 8 heteroatoms. The summed E-state index contributed by atoms with van der Waals surface area (Å²) in [7, 11) is -1.52. The minimum absolute atomic E-state index is 0.145. The van der Waals surface area contributed by atoms with Gasteiger partial charge in [0.05, 0.1) is 12.9 Å². The lowest BCUT2D eigenvalue weighted by Gasteiger charge is -2.33. The number of methoxy groups -OCH3 is 1. The monoisotopic (exact) mass is 417 g/mol. The minimum atomic E-state index is -3.11. The highest BCUT2D eigenvalue weighted by molar-refractivity contribution is 7.89. The van der Waals surface area contributed by atoms with Crippen LogP contribution in [0, 0.1) is 0 Å². The maximum absolute atomic E-state index is 12.4. The lowest BCUT2D eigenvalue weighted by Crippen LogP contribution is -2.48. The Bertz CT molecular complexity index is 937. The molecule has 3 rings (SSSR count). The second-order valence-electron chi connectivity index (χ2n) is 6.96. The highest BCUT2D eigenvalue weighted by Gasteiger charge is 2.25. The molecule has 156 valence electrons. The first-order valence-electron chi connectivity index (χ1n) is 9.66. The molecule has 0 bridgehead atoms. The van der Waals surface area contributed by atoms with Crippen LogP contribution in [0.4, 0.5) is 5.69 Å². The molecule has 0 aliphatic carbocycles. The molecule has 1 amide bonds. The fourth-order valence-corrected chi connectivity index (χ4v) is 4.36. The highest BCUT2D eigenvalue weighted by atomic mass is 32.2. The van der Waals surface area contributed by atoms with E-state index in [1.54, 1.807) is 24.4 Å². The Morgan fingerprint density at radius 1 is 1.07 bits per heavy atom. The maximum Gasteiger partial charge on any atom is 0.255 e. The number of hydrogen-bond donors (Lipinski definition) is 1. The summed E-state index contributed by atoms with van der Waals surface area (Å²) in [5, 5.41) is 2.87. The Morgan fingerprint density at radius 3 is 2.38 bits per heavy atom. The number of carbonyl (C=O) groups excluding carboxylic acids is 1. The lowest BCUT2D eigenvalue weighted by atomic mass is 10.1. The summed E-state index contributed by atoms with van der Waals surface area (Å²) in [5.74, 6) is 0.653. The first-order valence-corrected chi connectivity index (χ1v) is 11.3. The summed E-state index contributed by atoms with van der Waals surface area (Å²) in [6.45, 7) is 4.87. The van der Waals surface area contributed by atoms with Crippen LogP contribution in [-0.2, 0) is 16.6 Å². The smallest absolute Gasteiger partial charge is 0.255 e. The van der Waals surface area contributed by atoms with Gasteiger partial charge in [-0.05, 0) is 36.8 Å². The summed E-state index contributed by atoms with van der Waals surface area (Å²) < 4.78 is 30.6. The van der Waals surface area contributed by atoms with Crippen molar-refractivity contribution in [2.75, 3.05) is 44.4 Å². The molecule has 2 aromatic carbocycles. The van der Waals surface area contributed by atoms with Crippen LogP contribution in [0.2, 0.25) is 0 Å². The lowest BCUT2D eigenvalue weighted by molar-refractivity contribution is 0.102. The molecule has 0 aromatic heterocycles. The predicted molar refractivity (Wildman–Crippen MR) is 114 cm³/mol. The quantitative estimate of drug-likeness (QED) is 0.749. The zero-order chi connectivity index (χ0) is 20.9. The van der Waals surface area contributed by atoms with E-state index in [9.17, 15) is 13.2 Å². The second-order valence-corrected chi connectivity index (χ2v) is 9.22. The zero-order valence-electron chi connectivity index (χ0n) is 16.8. The third kappa shape index (κ3) is 5.56. The van der Waals surface area contributed by atoms with E-state index in [-0.39, 0.29) is 11.7 Å². The van der Waals surface area contributed by atoms with E-state index in [4.69, 9.17) is 4.74 Å². The largest absolute Gasteiger partial charge is 0.497 e. The topological polar surface area (TPSA) is 79.0 Å². The van der Waals surface area contributed by atoms with E-state index in [0.29, 0.717) is 43.2 Å². The molecule has 0 radical (unpaired) electrons. The summed E-state index contributed by atoms with van der Waals surface area (Å²) in [6.07, 6.45) is 0. The van der Waals surface area contributed by atoms with Crippen LogP contribution in [-0.4, -0.2) is 62.6 Å². The fourth-order valence-electron chi connectivity index (χ4n) is 3.27. The van der Waals surface area contributed by atoms with Gasteiger partial charge in [-0.25, -0.2) is 8.42 Å². The Balaban J connectivity index is 1.54. The van der Waals surface area contributed by atoms with Crippen LogP contribution in [0.25, 0.3) is 0 Å². The molecular formula is C21H27N3O4S. The molecule has 1 aliphatic rings. The predicted octanol–water partition coefficient (Wildman–Crippen LogP) is 2.41. The molecule has 1 aliphatic heterocycles. The van der Waals surface area contributed by atoms with Gasteiger partial charge in [-0.3, -0.25) is 9.69 Å². The van der Waals surface area contributed by atoms with E-state index in [0.717, 1.165) is 12.1 Å². The molecule has 29 heavy (non-hydrogen) atoms. The fraction of sp³-hybridized carbons (Fsp3) is 0.381. The first kappa shape index (κ1) is 21.3. The van der Waals surface area contributed by atoms with Gasteiger partial charge in [0, 0.05) is 50.0 Å². The van der Waals surface area contributed by atoms with Gasteiger partial charge in [0.2, 0.25) is 10.0 Å². The first-order chi connectivity index (χ1) is 13.9. The molecule has 0 unspecified atom stereocenters. The molecule has 0 spiro atoms. The van der Waals surface area contributed by atoms with Gasteiger partial charge < -0.3 is 10.1 Å². The molecule has 0 atom stereocenters. The summed E-state index contributed by atoms with van der Waals surface area (Å²) >= 11 is 0.